The number of aromatic amines is 1. The average molecular weight is 258 g/mol. The van der Waals surface area contributed by atoms with E-state index < -0.39 is 0 Å². The molecule has 1 unspecified atom stereocenters. The minimum atomic E-state index is -0.349. The number of piperazine rings is 1. The zero-order chi connectivity index (χ0) is 13.2. The molecule has 1 aromatic heterocycles. The number of carbonyl (C=O) groups is 1. The van der Waals surface area contributed by atoms with Gasteiger partial charge >= 0.3 is 0 Å². The molecule has 0 spiro atoms. The van der Waals surface area contributed by atoms with Crippen LogP contribution in [0.25, 0.3) is 10.9 Å². The van der Waals surface area contributed by atoms with Crippen LogP contribution in [0.1, 0.15) is 11.6 Å². The number of nitrogens with one attached hydrogen (secondary N) is 2. The van der Waals surface area contributed by atoms with Crippen molar-refractivity contribution in [1.82, 2.24) is 15.2 Å². The fourth-order valence-corrected chi connectivity index (χ4v) is 2.79. The van der Waals surface area contributed by atoms with Crippen molar-refractivity contribution in [3.63, 3.8) is 0 Å². The van der Waals surface area contributed by atoms with Crippen molar-refractivity contribution in [3.8, 4) is 0 Å². The van der Waals surface area contributed by atoms with Crippen LogP contribution in [0, 0.1) is 0 Å². The first-order valence-corrected chi connectivity index (χ1v) is 6.57. The second-order valence-electron chi connectivity index (χ2n) is 4.88. The van der Waals surface area contributed by atoms with Crippen LogP contribution in [-0.4, -0.2) is 42.0 Å². The first kappa shape index (κ1) is 12.2. The highest BCUT2D eigenvalue weighted by molar-refractivity contribution is 5.91. The van der Waals surface area contributed by atoms with Gasteiger partial charge in [-0.25, -0.2) is 0 Å². The second kappa shape index (κ2) is 5.03. The summed E-state index contributed by atoms with van der Waals surface area (Å²) in [4.78, 5) is 17.2. The van der Waals surface area contributed by atoms with Crippen LogP contribution in [0.15, 0.2) is 30.5 Å². The van der Waals surface area contributed by atoms with E-state index in [-0.39, 0.29) is 11.9 Å². The highest BCUT2D eigenvalue weighted by atomic mass is 16.1. The van der Waals surface area contributed by atoms with Crippen LogP contribution in [0.5, 0.6) is 0 Å². The monoisotopic (exact) mass is 258 g/mol. The fraction of sp³-hybridized carbons (Fsp3) is 0.357. The van der Waals surface area contributed by atoms with E-state index in [2.05, 4.69) is 15.2 Å². The molecule has 5 heteroatoms. The van der Waals surface area contributed by atoms with E-state index >= 15 is 0 Å². The molecular formula is C14H18N4O. The normalized spacial score (nSPS) is 18.5. The molecule has 5 nitrogen and oxygen atoms in total. The number of nitrogens with two attached hydrogens (primary N) is 1. The molecule has 1 aromatic carbocycles. The van der Waals surface area contributed by atoms with Gasteiger partial charge < -0.3 is 16.0 Å². The van der Waals surface area contributed by atoms with E-state index in [9.17, 15) is 4.79 Å². The predicted molar refractivity (Wildman–Crippen MR) is 74.7 cm³/mol. The molecule has 19 heavy (non-hydrogen) atoms. The Morgan fingerprint density at radius 3 is 2.74 bits per heavy atom. The maximum absolute atomic E-state index is 11.9. The Labute approximate surface area is 111 Å². The standard InChI is InChI=1S/C14H18N4O/c15-14(19)13(18-7-5-16-6-8-18)11-9-17-12-4-2-1-3-10(11)12/h1-4,9,13,16-17H,5-8H2,(H2,15,19). The Morgan fingerprint density at radius 2 is 2.00 bits per heavy atom. The summed E-state index contributed by atoms with van der Waals surface area (Å²) in [5.41, 5.74) is 7.65. The van der Waals surface area contributed by atoms with E-state index in [1.807, 2.05) is 30.5 Å². The summed E-state index contributed by atoms with van der Waals surface area (Å²) < 4.78 is 0. The highest BCUT2D eigenvalue weighted by Gasteiger charge is 2.28. The lowest BCUT2D eigenvalue weighted by molar-refractivity contribution is -0.123. The van der Waals surface area contributed by atoms with E-state index in [0.29, 0.717) is 0 Å². The largest absolute Gasteiger partial charge is 0.368 e. The summed E-state index contributed by atoms with van der Waals surface area (Å²) in [5.74, 6) is -0.286. The zero-order valence-corrected chi connectivity index (χ0v) is 10.7. The number of H-pyrrole nitrogens is 1. The fourth-order valence-electron chi connectivity index (χ4n) is 2.79. The second-order valence-corrected chi connectivity index (χ2v) is 4.88. The minimum absolute atomic E-state index is 0.286. The number of para-hydroxylation sites is 1. The van der Waals surface area contributed by atoms with Gasteiger partial charge in [0.1, 0.15) is 6.04 Å². The quantitative estimate of drug-likeness (QED) is 0.754. The minimum Gasteiger partial charge on any atom is -0.368 e. The van der Waals surface area contributed by atoms with Crippen molar-refractivity contribution in [2.75, 3.05) is 26.2 Å². The Hall–Kier alpha value is -1.85. The molecule has 1 amide bonds. The summed E-state index contributed by atoms with van der Waals surface area (Å²) in [6, 6.07) is 7.65. The highest BCUT2D eigenvalue weighted by Crippen LogP contribution is 2.28. The van der Waals surface area contributed by atoms with Gasteiger partial charge in [-0.15, -0.1) is 0 Å². The number of hydrogen-bond donors (Lipinski definition) is 3. The molecule has 2 heterocycles. The van der Waals surface area contributed by atoms with Gasteiger partial charge in [0.05, 0.1) is 0 Å². The number of benzene rings is 1. The SMILES string of the molecule is NC(=O)C(c1c[nH]c2ccccc12)N1CCNCC1. The van der Waals surface area contributed by atoms with Crippen molar-refractivity contribution in [3.05, 3.63) is 36.0 Å². The number of primary amides is 1. The van der Waals surface area contributed by atoms with Gasteiger partial charge in [0.15, 0.2) is 0 Å². The maximum Gasteiger partial charge on any atom is 0.239 e. The molecule has 100 valence electrons. The summed E-state index contributed by atoms with van der Waals surface area (Å²) in [5, 5.41) is 4.36. The van der Waals surface area contributed by atoms with E-state index in [4.69, 9.17) is 5.73 Å². The molecule has 2 aromatic rings. The topological polar surface area (TPSA) is 74.2 Å². The van der Waals surface area contributed by atoms with Crippen LogP contribution in [0.4, 0.5) is 0 Å². The Kier molecular flexibility index (Phi) is 3.23. The lowest BCUT2D eigenvalue weighted by Crippen LogP contribution is -2.48. The van der Waals surface area contributed by atoms with Gasteiger partial charge in [0, 0.05) is 48.8 Å². The Balaban J connectivity index is 2.01. The lowest BCUT2D eigenvalue weighted by atomic mass is 10.0. The maximum atomic E-state index is 11.9. The van der Waals surface area contributed by atoms with Crippen molar-refractivity contribution in [1.29, 1.82) is 0 Å². The lowest BCUT2D eigenvalue weighted by Gasteiger charge is -2.32. The number of nitrogens with zero attached hydrogens (tertiary/aromatic N) is 1. The van der Waals surface area contributed by atoms with Crippen LogP contribution in [0.3, 0.4) is 0 Å². The average Bonchev–Trinajstić information content (AvgIpc) is 2.84. The van der Waals surface area contributed by atoms with Crippen LogP contribution in [0.2, 0.25) is 0 Å². The summed E-state index contributed by atoms with van der Waals surface area (Å²) in [7, 11) is 0. The third-order valence-corrected chi connectivity index (χ3v) is 3.70. The molecule has 0 radical (unpaired) electrons. The van der Waals surface area contributed by atoms with Gasteiger partial charge in [-0.3, -0.25) is 9.69 Å². The summed E-state index contributed by atoms with van der Waals surface area (Å²) >= 11 is 0. The first-order chi connectivity index (χ1) is 9.27. The molecule has 0 aliphatic carbocycles. The number of carbonyl (C=O) groups excluding carboxylic acids is 1. The van der Waals surface area contributed by atoms with Gasteiger partial charge in [0.2, 0.25) is 5.91 Å². The van der Waals surface area contributed by atoms with E-state index in [1.165, 1.54) is 0 Å². The zero-order valence-electron chi connectivity index (χ0n) is 10.7. The first-order valence-electron chi connectivity index (χ1n) is 6.57. The molecule has 1 saturated heterocycles. The van der Waals surface area contributed by atoms with Crippen molar-refractivity contribution < 1.29 is 4.79 Å². The molecule has 1 aliphatic heterocycles. The molecule has 0 saturated carbocycles. The third kappa shape index (κ3) is 2.22. The molecular weight excluding hydrogens is 240 g/mol. The van der Waals surface area contributed by atoms with Crippen LogP contribution in [-0.2, 0) is 4.79 Å². The van der Waals surface area contributed by atoms with Crippen molar-refractivity contribution in [2.24, 2.45) is 5.73 Å². The Bertz CT molecular complexity index is 586. The summed E-state index contributed by atoms with van der Waals surface area (Å²) in [6.07, 6.45) is 1.90. The molecule has 1 aliphatic rings. The molecule has 3 rings (SSSR count). The van der Waals surface area contributed by atoms with Crippen LogP contribution >= 0.6 is 0 Å². The Morgan fingerprint density at radius 1 is 1.26 bits per heavy atom. The van der Waals surface area contributed by atoms with Crippen molar-refractivity contribution in [2.45, 2.75) is 6.04 Å². The smallest absolute Gasteiger partial charge is 0.239 e. The molecule has 1 atom stereocenters. The number of fused-ring (bicyclic) bond motifs is 1. The van der Waals surface area contributed by atoms with E-state index in [0.717, 1.165) is 42.6 Å². The van der Waals surface area contributed by atoms with Gasteiger partial charge in [0.25, 0.3) is 0 Å². The predicted octanol–water partition coefficient (Wildman–Crippen LogP) is 0.599. The van der Waals surface area contributed by atoms with Gasteiger partial charge in [-0.1, -0.05) is 18.2 Å². The molecule has 4 N–H and O–H groups in total. The van der Waals surface area contributed by atoms with Gasteiger partial charge in [-0.2, -0.15) is 0 Å². The van der Waals surface area contributed by atoms with Gasteiger partial charge in [-0.05, 0) is 6.07 Å². The number of hydrogen-bond acceptors (Lipinski definition) is 3. The van der Waals surface area contributed by atoms with Crippen molar-refractivity contribution >= 4 is 16.8 Å². The molecule has 1 fully saturated rings. The number of amides is 1. The van der Waals surface area contributed by atoms with E-state index in [1.54, 1.807) is 0 Å². The summed E-state index contributed by atoms with van der Waals surface area (Å²) in [6.45, 7) is 3.47. The number of aromatic nitrogens is 1. The number of rotatable bonds is 3. The third-order valence-electron chi connectivity index (χ3n) is 3.70. The van der Waals surface area contributed by atoms with Crippen LogP contribution < -0.4 is 11.1 Å². The molecule has 0 bridgehead atoms.